The second-order valence-electron chi connectivity index (χ2n) is 1.87. The molecule has 1 unspecified atom stereocenters. The fourth-order valence-electron chi connectivity index (χ4n) is 0.281. The van der Waals surface area contributed by atoms with Gasteiger partial charge in [-0.25, -0.2) is 0 Å². The largest absolute Gasteiger partial charge is 0.300 e. The van der Waals surface area contributed by atoms with Gasteiger partial charge in [0.05, 0.1) is 6.07 Å². The lowest BCUT2D eigenvalue weighted by atomic mass is 10.1. The maximum atomic E-state index is 10.4. The maximum absolute atomic E-state index is 10.4. The summed E-state index contributed by atoms with van der Waals surface area (Å²) in [5, 5.41) is 8.08. The molecule has 0 saturated heterocycles. The van der Waals surface area contributed by atoms with Gasteiger partial charge in [0.15, 0.2) is 0 Å². The van der Waals surface area contributed by atoms with Crippen molar-refractivity contribution >= 4 is 5.78 Å². The van der Waals surface area contributed by atoms with Crippen LogP contribution >= 0.6 is 0 Å². The Bertz CT molecular complexity index is 123. The highest BCUT2D eigenvalue weighted by atomic mass is 16.1. The van der Waals surface area contributed by atoms with Gasteiger partial charge in [-0.15, -0.1) is 0 Å². The van der Waals surface area contributed by atoms with Gasteiger partial charge in [-0.1, -0.05) is 6.92 Å². The van der Waals surface area contributed by atoms with Gasteiger partial charge in [0.25, 0.3) is 0 Å². The topological polar surface area (TPSA) is 40.9 Å². The molecule has 2 heteroatoms. The van der Waals surface area contributed by atoms with E-state index in [9.17, 15) is 4.79 Å². The highest BCUT2D eigenvalue weighted by Crippen LogP contribution is 1.99. The van der Waals surface area contributed by atoms with Crippen LogP contribution in [0.4, 0.5) is 0 Å². The van der Waals surface area contributed by atoms with Gasteiger partial charge in [0.2, 0.25) is 0 Å². The van der Waals surface area contributed by atoms with Crippen molar-refractivity contribution in [2.75, 3.05) is 0 Å². The van der Waals surface area contributed by atoms with E-state index in [0.29, 0.717) is 6.42 Å². The molecule has 0 aliphatic carbocycles. The van der Waals surface area contributed by atoms with Crippen molar-refractivity contribution in [1.29, 1.82) is 5.26 Å². The average molecular weight is 111 g/mol. The number of nitrogens with zero attached hydrogens (tertiary/aromatic N) is 1. The molecule has 44 valence electrons. The van der Waals surface area contributed by atoms with Crippen LogP contribution in [0.25, 0.3) is 0 Å². The number of nitriles is 1. The molecule has 0 N–H and O–H groups in total. The molecule has 8 heavy (non-hydrogen) atoms. The number of rotatable bonds is 2. The second kappa shape index (κ2) is 3.20. The van der Waals surface area contributed by atoms with Gasteiger partial charge in [-0.3, -0.25) is 4.79 Å². The first-order valence-corrected chi connectivity index (χ1v) is 2.56. The predicted molar refractivity (Wildman–Crippen MR) is 30.1 cm³/mol. The van der Waals surface area contributed by atoms with Gasteiger partial charge < -0.3 is 0 Å². The Morgan fingerprint density at radius 1 is 1.88 bits per heavy atom. The smallest absolute Gasteiger partial charge is 0.133 e. The van der Waals surface area contributed by atoms with E-state index in [1.807, 2.05) is 6.07 Å². The number of ketones is 1. The number of carbonyl (C=O) groups excluding carboxylic acids is 1. The van der Waals surface area contributed by atoms with E-state index in [1.165, 1.54) is 6.92 Å². The summed E-state index contributed by atoms with van der Waals surface area (Å²) in [6.45, 7) is 3.26. The first-order valence-electron chi connectivity index (χ1n) is 2.56. The zero-order chi connectivity index (χ0) is 6.57. The summed E-state index contributed by atoms with van der Waals surface area (Å²) in [7, 11) is 0. The number of hydrogen-bond acceptors (Lipinski definition) is 2. The summed E-state index contributed by atoms with van der Waals surface area (Å²) in [5.74, 6) is 0.00606. The molecule has 0 aromatic rings. The van der Waals surface area contributed by atoms with Crippen LogP contribution in [0.2, 0.25) is 0 Å². The number of Topliss-reactive ketones (excluding diaryl/α,β-unsaturated/α-hetero) is 1. The van der Waals surface area contributed by atoms with Crippen LogP contribution in [0, 0.1) is 17.2 Å². The molecule has 0 radical (unpaired) electrons. The Morgan fingerprint density at radius 3 is 2.50 bits per heavy atom. The van der Waals surface area contributed by atoms with E-state index in [0.717, 1.165) is 0 Å². The second-order valence-corrected chi connectivity index (χ2v) is 1.87. The monoisotopic (exact) mass is 111 g/mol. The van der Waals surface area contributed by atoms with Crippen molar-refractivity contribution in [1.82, 2.24) is 0 Å². The molecule has 0 saturated carbocycles. The summed E-state index contributed by atoms with van der Waals surface area (Å²) in [4.78, 5) is 10.4. The Hall–Kier alpha value is -0.840. The molecule has 0 aliphatic rings. The number of carbonyl (C=O) groups is 1. The fourth-order valence-corrected chi connectivity index (χ4v) is 0.281. The Morgan fingerprint density at radius 2 is 2.38 bits per heavy atom. The van der Waals surface area contributed by atoms with Gasteiger partial charge in [-0.2, -0.15) is 5.26 Å². The van der Waals surface area contributed by atoms with E-state index < -0.39 is 0 Å². The quantitative estimate of drug-likeness (QED) is 0.535. The van der Waals surface area contributed by atoms with E-state index in [1.54, 1.807) is 6.92 Å². The molecule has 0 aromatic heterocycles. The fraction of sp³-hybridized carbons (Fsp3) is 0.667. The lowest BCUT2D eigenvalue weighted by Gasteiger charge is -1.96. The van der Waals surface area contributed by atoms with E-state index in [4.69, 9.17) is 5.26 Å². The van der Waals surface area contributed by atoms with Gasteiger partial charge in [0, 0.05) is 12.3 Å². The summed E-state index contributed by atoms with van der Waals surface area (Å²) in [6.07, 6.45) is 0.343. The molecule has 0 bridgehead atoms. The first-order chi connectivity index (χ1) is 3.68. The minimum absolute atomic E-state index is 0.0833. The van der Waals surface area contributed by atoms with Crippen molar-refractivity contribution in [3.63, 3.8) is 0 Å². The molecule has 0 fully saturated rings. The van der Waals surface area contributed by atoms with Crippen LogP contribution in [0.3, 0.4) is 0 Å². The summed E-state index contributed by atoms with van der Waals surface area (Å²) in [6, 6.07) is 1.93. The van der Waals surface area contributed by atoms with Gasteiger partial charge in [0.1, 0.15) is 5.78 Å². The zero-order valence-electron chi connectivity index (χ0n) is 5.14. The zero-order valence-corrected chi connectivity index (χ0v) is 5.14. The van der Waals surface area contributed by atoms with Crippen LogP contribution in [0.5, 0.6) is 0 Å². The minimum Gasteiger partial charge on any atom is -0.300 e. The van der Waals surface area contributed by atoms with Crippen LogP contribution in [0.1, 0.15) is 20.3 Å². The lowest BCUT2D eigenvalue weighted by molar-refractivity contribution is -0.120. The average Bonchev–Trinajstić information content (AvgIpc) is 1.67. The molecular formula is C6H9NO. The van der Waals surface area contributed by atoms with Crippen LogP contribution < -0.4 is 0 Å². The molecular weight excluding hydrogens is 102 g/mol. The third-order valence-corrected chi connectivity index (χ3v) is 1.09. The predicted octanol–water partition coefficient (Wildman–Crippen LogP) is 1.13. The summed E-state index contributed by atoms with van der Waals surface area (Å²) in [5.41, 5.74) is 0. The van der Waals surface area contributed by atoms with Gasteiger partial charge in [-0.05, 0) is 6.92 Å². The standard InChI is InChI=1S/C6H9NO/c1-5(3-4-7)6(2)8/h5H,3H2,1-2H3. The van der Waals surface area contributed by atoms with Crippen LogP contribution in [-0.2, 0) is 4.79 Å². The summed E-state index contributed by atoms with van der Waals surface area (Å²) < 4.78 is 0. The first kappa shape index (κ1) is 7.16. The van der Waals surface area contributed by atoms with Crippen molar-refractivity contribution < 1.29 is 4.79 Å². The maximum Gasteiger partial charge on any atom is 0.133 e. The van der Waals surface area contributed by atoms with Crippen LogP contribution in [-0.4, -0.2) is 5.78 Å². The summed E-state index contributed by atoms with van der Waals surface area (Å²) >= 11 is 0. The Balaban J connectivity index is 3.52. The van der Waals surface area contributed by atoms with E-state index in [2.05, 4.69) is 0 Å². The molecule has 0 amide bonds. The normalized spacial score (nSPS) is 12.1. The Labute approximate surface area is 49.1 Å². The van der Waals surface area contributed by atoms with E-state index in [-0.39, 0.29) is 11.7 Å². The van der Waals surface area contributed by atoms with Crippen molar-refractivity contribution in [2.24, 2.45) is 5.92 Å². The molecule has 0 heterocycles. The van der Waals surface area contributed by atoms with Crippen molar-refractivity contribution in [2.45, 2.75) is 20.3 Å². The molecule has 0 aromatic carbocycles. The molecule has 0 aliphatic heterocycles. The Kier molecular flexibility index (Phi) is 2.86. The highest BCUT2D eigenvalue weighted by molar-refractivity contribution is 5.78. The highest BCUT2D eigenvalue weighted by Gasteiger charge is 2.04. The molecule has 2 nitrogen and oxygen atoms in total. The SMILES string of the molecule is CC(=O)C(C)CC#N. The molecule has 0 rings (SSSR count). The van der Waals surface area contributed by atoms with Crippen molar-refractivity contribution in [3.8, 4) is 6.07 Å². The molecule has 1 atom stereocenters. The number of hydrogen-bond donors (Lipinski definition) is 0. The van der Waals surface area contributed by atoms with Gasteiger partial charge >= 0.3 is 0 Å². The van der Waals surface area contributed by atoms with Crippen LogP contribution in [0.15, 0.2) is 0 Å². The lowest BCUT2D eigenvalue weighted by Crippen LogP contribution is -2.03. The van der Waals surface area contributed by atoms with E-state index >= 15 is 0 Å². The van der Waals surface area contributed by atoms with Crippen molar-refractivity contribution in [3.05, 3.63) is 0 Å². The molecule has 0 spiro atoms. The third kappa shape index (κ3) is 2.35. The third-order valence-electron chi connectivity index (χ3n) is 1.09. The minimum atomic E-state index is -0.0833.